The van der Waals surface area contributed by atoms with Crippen molar-refractivity contribution in [3.05, 3.63) is 50.3 Å². The molecule has 0 fully saturated rings. The van der Waals surface area contributed by atoms with Crippen molar-refractivity contribution in [1.29, 1.82) is 5.26 Å². The van der Waals surface area contributed by atoms with Crippen molar-refractivity contribution < 1.29 is 0 Å². The van der Waals surface area contributed by atoms with Crippen molar-refractivity contribution in [2.75, 3.05) is 10.6 Å². The summed E-state index contributed by atoms with van der Waals surface area (Å²) in [5, 5.41) is 14.5. The van der Waals surface area contributed by atoms with Crippen LogP contribution in [0, 0.1) is 11.3 Å². The lowest BCUT2D eigenvalue weighted by Crippen LogP contribution is -2.37. The van der Waals surface area contributed by atoms with Crippen LogP contribution < -0.4 is 21.5 Å². The molecule has 0 spiro atoms. The zero-order chi connectivity index (χ0) is 14.0. The Bertz CT molecular complexity index is 702. The second kappa shape index (κ2) is 4.94. The highest BCUT2D eigenvalue weighted by atomic mass is 16.2. The van der Waals surface area contributed by atoms with Gasteiger partial charge in [0.05, 0.1) is 11.6 Å². The van der Waals surface area contributed by atoms with Crippen LogP contribution in [0.3, 0.4) is 0 Å². The monoisotopic (exact) mass is 255 g/mol. The molecule has 0 saturated carbocycles. The van der Waals surface area contributed by atoms with Crippen LogP contribution in [-0.2, 0) is 0 Å². The molecule has 0 aliphatic heterocycles. The summed E-state index contributed by atoms with van der Waals surface area (Å²) in [5.41, 5.74) is 0.791. The molecule has 0 bridgehead atoms. The molecule has 0 aliphatic carbocycles. The molecule has 2 rings (SSSR count). The third-order valence-electron chi connectivity index (χ3n) is 2.63. The summed E-state index contributed by atoms with van der Waals surface area (Å²) in [6, 6.07) is 8.75. The first-order valence-corrected chi connectivity index (χ1v) is 5.90. The third-order valence-corrected chi connectivity index (χ3v) is 2.63. The van der Waals surface area contributed by atoms with Crippen molar-refractivity contribution in [3.63, 3.8) is 0 Å². The van der Waals surface area contributed by atoms with Gasteiger partial charge in [-0.1, -0.05) is 0 Å². The summed E-state index contributed by atoms with van der Waals surface area (Å²) in [7, 11) is 0. The molecule has 0 atom stereocenters. The molecular formula is C14H13N3O2. The average Bonchev–Trinajstić information content (AvgIpc) is 2.42. The molecule has 0 unspecified atom stereocenters. The molecular weight excluding hydrogens is 242 g/mol. The number of hydrogen-bond acceptors (Lipinski definition) is 5. The third kappa shape index (κ3) is 2.47. The maximum Gasteiger partial charge on any atom is 0.253 e. The van der Waals surface area contributed by atoms with E-state index in [1.807, 2.05) is 19.9 Å². The lowest BCUT2D eigenvalue weighted by Gasteiger charge is -2.16. The van der Waals surface area contributed by atoms with E-state index < -0.39 is 10.9 Å². The second-order valence-electron chi connectivity index (χ2n) is 4.52. The molecule has 2 N–H and O–H groups in total. The molecule has 96 valence electrons. The second-order valence-corrected chi connectivity index (χ2v) is 4.52. The van der Waals surface area contributed by atoms with Gasteiger partial charge in [-0.15, -0.1) is 0 Å². The maximum atomic E-state index is 11.5. The van der Waals surface area contributed by atoms with Crippen molar-refractivity contribution in [2.24, 2.45) is 0 Å². The van der Waals surface area contributed by atoms with Crippen LogP contribution in [0.2, 0.25) is 0 Å². The fraction of sp³-hybridized carbons (Fsp3) is 0.214. The SMILES string of the molecule is CC(C)Nc1c(Nc2ccc(C#N)cc2)c(=O)c1=O. The van der Waals surface area contributed by atoms with Gasteiger partial charge in [0, 0.05) is 11.7 Å². The van der Waals surface area contributed by atoms with Crippen LogP contribution in [0.1, 0.15) is 19.4 Å². The molecule has 0 amide bonds. The van der Waals surface area contributed by atoms with Gasteiger partial charge in [0.2, 0.25) is 0 Å². The summed E-state index contributed by atoms with van der Waals surface area (Å²) < 4.78 is 0. The number of nitriles is 1. The van der Waals surface area contributed by atoms with Gasteiger partial charge in [-0.2, -0.15) is 5.26 Å². The number of rotatable bonds is 4. The zero-order valence-electron chi connectivity index (χ0n) is 10.7. The Morgan fingerprint density at radius 2 is 1.63 bits per heavy atom. The van der Waals surface area contributed by atoms with Crippen molar-refractivity contribution >= 4 is 17.1 Å². The molecule has 0 heterocycles. The highest BCUT2D eigenvalue weighted by Gasteiger charge is 2.21. The number of nitrogens with zero attached hydrogens (tertiary/aromatic N) is 1. The summed E-state index contributed by atoms with van der Waals surface area (Å²) in [6.07, 6.45) is 0. The Hall–Kier alpha value is -2.61. The van der Waals surface area contributed by atoms with Crippen LogP contribution in [0.25, 0.3) is 0 Å². The van der Waals surface area contributed by atoms with Crippen molar-refractivity contribution in [3.8, 4) is 6.07 Å². The number of anilines is 3. The maximum absolute atomic E-state index is 11.5. The van der Waals surface area contributed by atoms with E-state index in [-0.39, 0.29) is 11.7 Å². The number of hydrogen-bond donors (Lipinski definition) is 2. The van der Waals surface area contributed by atoms with Crippen LogP contribution in [0.15, 0.2) is 33.9 Å². The summed E-state index contributed by atoms with van der Waals surface area (Å²) in [6.45, 7) is 3.78. The number of benzene rings is 1. The van der Waals surface area contributed by atoms with E-state index in [0.29, 0.717) is 16.9 Å². The van der Waals surface area contributed by atoms with Gasteiger partial charge in [-0.3, -0.25) is 9.59 Å². The highest BCUT2D eigenvalue weighted by molar-refractivity contribution is 5.78. The predicted molar refractivity (Wildman–Crippen MR) is 74.6 cm³/mol. The van der Waals surface area contributed by atoms with Crippen LogP contribution >= 0.6 is 0 Å². The van der Waals surface area contributed by atoms with Gasteiger partial charge in [0.1, 0.15) is 11.4 Å². The minimum absolute atomic E-state index is 0.0739. The Morgan fingerprint density at radius 3 is 2.16 bits per heavy atom. The predicted octanol–water partition coefficient (Wildman–Crippen LogP) is 1.72. The summed E-state index contributed by atoms with van der Waals surface area (Å²) >= 11 is 0. The Balaban J connectivity index is 2.24. The molecule has 19 heavy (non-hydrogen) atoms. The molecule has 2 aromatic carbocycles. The van der Waals surface area contributed by atoms with Gasteiger partial charge in [-0.05, 0) is 38.1 Å². The Kier molecular flexibility index (Phi) is 3.34. The first-order valence-electron chi connectivity index (χ1n) is 5.90. The van der Waals surface area contributed by atoms with E-state index in [9.17, 15) is 9.59 Å². The topological polar surface area (TPSA) is 82.0 Å². The minimum Gasteiger partial charge on any atom is -0.378 e. The average molecular weight is 255 g/mol. The lowest BCUT2D eigenvalue weighted by molar-refractivity contribution is 0.894. The highest BCUT2D eigenvalue weighted by Crippen LogP contribution is 2.21. The van der Waals surface area contributed by atoms with E-state index in [0.717, 1.165) is 0 Å². The quantitative estimate of drug-likeness (QED) is 0.813. The standard InChI is InChI=1S/C14H13N3O2/c1-8(2)16-11-12(14(19)13(11)18)17-10-5-3-9(7-15)4-6-10/h3-6,8,16-17H,1-2H3. The molecule has 0 aliphatic rings. The van der Waals surface area contributed by atoms with Crippen molar-refractivity contribution in [2.45, 2.75) is 19.9 Å². The minimum atomic E-state index is -0.521. The van der Waals surface area contributed by atoms with Gasteiger partial charge in [0.15, 0.2) is 0 Å². The molecule has 0 radical (unpaired) electrons. The van der Waals surface area contributed by atoms with E-state index in [1.54, 1.807) is 24.3 Å². The summed E-state index contributed by atoms with van der Waals surface area (Å²) in [5.74, 6) is 0. The fourth-order valence-electron chi connectivity index (χ4n) is 1.71. The van der Waals surface area contributed by atoms with Gasteiger partial charge in [-0.25, -0.2) is 0 Å². The van der Waals surface area contributed by atoms with E-state index in [1.165, 1.54) is 0 Å². The van der Waals surface area contributed by atoms with E-state index >= 15 is 0 Å². The molecule has 5 nitrogen and oxygen atoms in total. The van der Waals surface area contributed by atoms with Crippen molar-refractivity contribution in [1.82, 2.24) is 0 Å². The molecule has 0 aromatic heterocycles. The molecule has 5 heteroatoms. The smallest absolute Gasteiger partial charge is 0.253 e. The zero-order valence-corrected chi connectivity index (χ0v) is 10.7. The van der Waals surface area contributed by atoms with Gasteiger partial charge < -0.3 is 10.6 Å². The first-order chi connectivity index (χ1) is 9.02. The Morgan fingerprint density at radius 1 is 1.05 bits per heavy atom. The van der Waals surface area contributed by atoms with E-state index in [4.69, 9.17) is 5.26 Å². The fourth-order valence-corrected chi connectivity index (χ4v) is 1.71. The van der Waals surface area contributed by atoms with Crippen LogP contribution in [-0.4, -0.2) is 6.04 Å². The number of nitrogens with one attached hydrogen (secondary N) is 2. The van der Waals surface area contributed by atoms with Gasteiger partial charge >= 0.3 is 0 Å². The van der Waals surface area contributed by atoms with E-state index in [2.05, 4.69) is 10.6 Å². The Labute approximate surface area is 110 Å². The first kappa shape index (κ1) is 12.8. The van der Waals surface area contributed by atoms with Crippen LogP contribution in [0.5, 0.6) is 0 Å². The summed E-state index contributed by atoms with van der Waals surface area (Å²) in [4.78, 5) is 23.0. The van der Waals surface area contributed by atoms with Gasteiger partial charge in [0.25, 0.3) is 10.9 Å². The lowest BCUT2D eigenvalue weighted by atomic mass is 10.1. The normalized spacial score (nSPS) is 10.4. The molecule has 2 aromatic rings. The van der Waals surface area contributed by atoms with Crippen LogP contribution in [0.4, 0.5) is 17.1 Å². The molecule has 0 saturated heterocycles. The largest absolute Gasteiger partial charge is 0.378 e.